The van der Waals surface area contributed by atoms with Crippen molar-refractivity contribution in [1.82, 2.24) is 9.97 Å². The molecule has 17 heavy (non-hydrogen) atoms. The van der Waals surface area contributed by atoms with Crippen LogP contribution in [0.4, 0.5) is 0 Å². The Morgan fingerprint density at radius 3 is 3.06 bits per heavy atom. The molecule has 2 heterocycles. The molecule has 0 N–H and O–H groups in total. The summed E-state index contributed by atoms with van der Waals surface area (Å²) in [4.78, 5) is 10.0. The normalized spacial score (nSPS) is 12.8. The second-order valence-electron chi connectivity index (χ2n) is 3.94. The van der Waals surface area contributed by atoms with E-state index in [9.17, 15) is 0 Å². The fraction of sp³-hybridized carbons (Fsp3) is 0.231. The molecule has 0 spiro atoms. The average molecular weight is 244 g/mol. The first-order chi connectivity index (χ1) is 8.28. The smallest absolute Gasteiger partial charge is 0.125 e. The molecule has 0 aliphatic carbocycles. The third-order valence-electron chi connectivity index (χ3n) is 2.81. The van der Waals surface area contributed by atoms with E-state index >= 15 is 0 Å². The van der Waals surface area contributed by atoms with Crippen molar-refractivity contribution in [3.8, 4) is 17.0 Å². The summed E-state index contributed by atoms with van der Waals surface area (Å²) in [5.41, 5.74) is 3.45. The number of thioether (sulfide) groups is 1. The molecule has 1 aliphatic rings. The number of aryl methyl sites for hydroxylation is 1. The molecular formula is C13H12N2OS. The zero-order chi connectivity index (χ0) is 11.8. The largest absolute Gasteiger partial charge is 0.497 e. The number of hydrogen-bond donors (Lipinski definition) is 0. The summed E-state index contributed by atoms with van der Waals surface area (Å²) in [6.07, 6.45) is 1.93. The molecule has 0 bridgehead atoms. The summed E-state index contributed by atoms with van der Waals surface area (Å²) in [5, 5.41) is 0. The summed E-state index contributed by atoms with van der Waals surface area (Å²) in [6, 6.07) is 6.12. The number of fused-ring (bicyclic) bond motifs is 3. The number of ether oxygens (including phenoxy) is 1. The van der Waals surface area contributed by atoms with E-state index < -0.39 is 0 Å². The Bertz CT molecular complexity index is 584. The number of methoxy groups -OCH3 is 1. The molecule has 0 saturated carbocycles. The molecule has 86 valence electrons. The molecule has 1 aromatic heterocycles. The lowest BCUT2D eigenvalue weighted by atomic mass is 10.1. The number of benzene rings is 1. The van der Waals surface area contributed by atoms with Crippen molar-refractivity contribution in [2.24, 2.45) is 0 Å². The summed E-state index contributed by atoms with van der Waals surface area (Å²) >= 11 is 1.81. The van der Waals surface area contributed by atoms with E-state index in [0.29, 0.717) is 0 Å². The summed E-state index contributed by atoms with van der Waals surface area (Å²) in [7, 11) is 1.69. The Balaban J connectivity index is 2.19. The molecule has 0 fully saturated rings. The predicted octanol–water partition coefficient (Wildman–Crippen LogP) is 3.07. The highest BCUT2D eigenvalue weighted by molar-refractivity contribution is 7.98. The van der Waals surface area contributed by atoms with Gasteiger partial charge in [-0.2, -0.15) is 0 Å². The molecule has 0 saturated heterocycles. The van der Waals surface area contributed by atoms with Gasteiger partial charge < -0.3 is 4.74 Å². The molecule has 4 heteroatoms. The maximum Gasteiger partial charge on any atom is 0.125 e. The second-order valence-corrected chi connectivity index (χ2v) is 4.96. The molecule has 0 atom stereocenters. The van der Waals surface area contributed by atoms with Crippen molar-refractivity contribution in [3.05, 3.63) is 35.8 Å². The van der Waals surface area contributed by atoms with Crippen molar-refractivity contribution in [2.45, 2.75) is 17.6 Å². The van der Waals surface area contributed by atoms with E-state index in [4.69, 9.17) is 4.74 Å². The third kappa shape index (κ3) is 1.78. The zero-order valence-electron chi connectivity index (χ0n) is 9.73. The van der Waals surface area contributed by atoms with Crippen LogP contribution in [-0.4, -0.2) is 17.1 Å². The molecule has 1 aromatic carbocycles. The lowest BCUT2D eigenvalue weighted by molar-refractivity contribution is 0.414. The van der Waals surface area contributed by atoms with Crippen LogP contribution in [0.1, 0.15) is 11.4 Å². The van der Waals surface area contributed by atoms with Gasteiger partial charge in [-0.25, -0.2) is 9.97 Å². The van der Waals surface area contributed by atoms with Gasteiger partial charge in [0.15, 0.2) is 0 Å². The summed E-state index contributed by atoms with van der Waals surface area (Å²) < 4.78 is 5.25. The van der Waals surface area contributed by atoms with Gasteiger partial charge in [0.2, 0.25) is 0 Å². The fourth-order valence-corrected chi connectivity index (χ4v) is 2.98. The highest BCUT2D eigenvalue weighted by Crippen LogP contribution is 2.41. The quantitative estimate of drug-likeness (QED) is 0.772. The lowest BCUT2D eigenvalue weighted by Crippen LogP contribution is -2.02. The van der Waals surface area contributed by atoms with E-state index in [1.807, 2.05) is 19.2 Å². The molecule has 3 nitrogen and oxygen atoms in total. The van der Waals surface area contributed by atoms with Crippen LogP contribution in [0.15, 0.2) is 29.3 Å². The highest BCUT2D eigenvalue weighted by Gasteiger charge is 2.18. The maximum absolute atomic E-state index is 5.25. The van der Waals surface area contributed by atoms with Crippen molar-refractivity contribution in [3.63, 3.8) is 0 Å². The average Bonchev–Trinajstić information content (AvgIpc) is 2.37. The molecule has 1 aliphatic heterocycles. The van der Waals surface area contributed by atoms with Crippen LogP contribution >= 0.6 is 11.8 Å². The van der Waals surface area contributed by atoms with E-state index in [2.05, 4.69) is 22.1 Å². The van der Waals surface area contributed by atoms with Gasteiger partial charge in [0, 0.05) is 28.0 Å². The maximum atomic E-state index is 5.25. The van der Waals surface area contributed by atoms with Crippen LogP contribution in [0.3, 0.4) is 0 Å². The van der Waals surface area contributed by atoms with Gasteiger partial charge in [-0.1, -0.05) is 0 Å². The Morgan fingerprint density at radius 2 is 2.24 bits per heavy atom. The van der Waals surface area contributed by atoms with Crippen LogP contribution < -0.4 is 4.74 Å². The minimum Gasteiger partial charge on any atom is -0.497 e. The monoisotopic (exact) mass is 244 g/mol. The van der Waals surface area contributed by atoms with Gasteiger partial charge in [0.05, 0.1) is 12.8 Å². The SMILES string of the molecule is COc1ccc2c(c1)SCc1cnc(C)nc1-2. The van der Waals surface area contributed by atoms with Gasteiger partial charge in [0.25, 0.3) is 0 Å². The van der Waals surface area contributed by atoms with Crippen LogP contribution in [0, 0.1) is 6.92 Å². The van der Waals surface area contributed by atoms with Crippen molar-refractivity contribution >= 4 is 11.8 Å². The van der Waals surface area contributed by atoms with E-state index in [1.165, 1.54) is 16.0 Å². The number of nitrogens with zero attached hydrogens (tertiary/aromatic N) is 2. The van der Waals surface area contributed by atoms with Crippen LogP contribution in [0.5, 0.6) is 5.75 Å². The minimum absolute atomic E-state index is 0.817. The Morgan fingerprint density at radius 1 is 1.35 bits per heavy atom. The Kier molecular flexibility index (Phi) is 2.52. The van der Waals surface area contributed by atoms with Gasteiger partial charge >= 0.3 is 0 Å². The first-order valence-electron chi connectivity index (χ1n) is 5.41. The zero-order valence-corrected chi connectivity index (χ0v) is 10.5. The standard InChI is InChI=1S/C13H12N2OS/c1-8-14-6-9-7-17-12-5-10(16-2)3-4-11(12)13(9)15-8/h3-6H,7H2,1-2H3. The van der Waals surface area contributed by atoms with Crippen molar-refractivity contribution in [1.29, 1.82) is 0 Å². The number of rotatable bonds is 1. The van der Waals surface area contributed by atoms with Crippen LogP contribution in [0.2, 0.25) is 0 Å². The van der Waals surface area contributed by atoms with E-state index in [1.54, 1.807) is 18.9 Å². The minimum atomic E-state index is 0.817. The van der Waals surface area contributed by atoms with Crippen LogP contribution in [-0.2, 0) is 5.75 Å². The van der Waals surface area contributed by atoms with E-state index in [0.717, 1.165) is 23.0 Å². The fourth-order valence-electron chi connectivity index (χ4n) is 1.93. The molecule has 0 unspecified atom stereocenters. The topological polar surface area (TPSA) is 35.0 Å². The van der Waals surface area contributed by atoms with Gasteiger partial charge in [-0.15, -0.1) is 11.8 Å². The Labute approximate surface area is 104 Å². The van der Waals surface area contributed by atoms with Gasteiger partial charge in [0.1, 0.15) is 11.6 Å². The molecule has 0 amide bonds. The summed E-state index contributed by atoms with van der Waals surface area (Å²) in [6.45, 7) is 1.92. The van der Waals surface area contributed by atoms with Crippen molar-refractivity contribution in [2.75, 3.05) is 7.11 Å². The van der Waals surface area contributed by atoms with E-state index in [-0.39, 0.29) is 0 Å². The molecule has 2 aromatic rings. The first-order valence-corrected chi connectivity index (χ1v) is 6.40. The van der Waals surface area contributed by atoms with Gasteiger partial charge in [-0.05, 0) is 25.1 Å². The first kappa shape index (κ1) is 10.6. The number of hydrogen-bond acceptors (Lipinski definition) is 4. The summed E-state index contributed by atoms with van der Waals surface area (Å²) in [5.74, 6) is 2.64. The molecular weight excluding hydrogens is 232 g/mol. The Hall–Kier alpha value is -1.55. The van der Waals surface area contributed by atoms with Gasteiger partial charge in [-0.3, -0.25) is 0 Å². The molecule has 3 rings (SSSR count). The predicted molar refractivity (Wildman–Crippen MR) is 68.3 cm³/mol. The van der Waals surface area contributed by atoms with Crippen LogP contribution in [0.25, 0.3) is 11.3 Å². The highest BCUT2D eigenvalue weighted by atomic mass is 32.2. The third-order valence-corrected chi connectivity index (χ3v) is 3.92. The van der Waals surface area contributed by atoms with Crippen molar-refractivity contribution < 1.29 is 4.74 Å². The second kappa shape index (κ2) is 4.04. The number of aromatic nitrogens is 2. The molecule has 0 radical (unpaired) electrons. The lowest BCUT2D eigenvalue weighted by Gasteiger charge is -2.18.